The van der Waals surface area contributed by atoms with Crippen molar-refractivity contribution in [2.24, 2.45) is 5.92 Å². The zero-order valence-corrected chi connectivity index (χ0v) is 40.7. The standard InChI is InChI=1S/C46H58ClN7O10S2/c1-9-27-22-46(27,43(57)51-66(59,60)28-10-11-28)50-40(55)32-21-36(33-23-53(44(58)64-45(6,7)8)39(26(4)5)42(56)54(32)33)63-35-20-30(41-49-31(24-65-41)25(2)3)48-38-29(35)12-13-34(37(38)47)62-19-16-52-14-17-61-18-15-52/h9,12-13,20,24-25,27-28,32-33,36H,1,10-11,14-19,21-23H2,2-8H3,(H,50,55)(H,51,57)/t27-,32+,33-,36-,46-/m1/s1. The number of hydrogen-bond acceptors (Lipinski definition) is 14. The summed E-state index contributed by atoms with van der Waals surface area (Å²) in [6.45, 7) is 20.4. The predicted molar refractivity (Wildman–Crippen MR) is 249 cm³/mol. The number of rotatable bonds is 14. The Morgan fingerprint density at radius 2 is 1.85 bits per heavy atom. The van der Waals surface area contributed by atoms with Crippen LogP contribution in [0.15, 0.2) is 47.5 Å². The second kappa shape index (κ2) is 18.3. The first kappa shape index (κ1) is 47.7. The highest BCUT2D eigenvalue weighted by Gasteiger charge is 2.63. The van der Waals surface area contributed by atoms with Crippen molar-refractivity contribution >= 4 is 67.7 Å². The highest BCUT2D eigenvalue weighted by molar-refractivity contribution is 7.91. The van der Waals surface area contributed by atoms with Gasteiger partial charge in [-0.3, -0.25) is 28.9 Å². The number of hydrogen-bond donors (Lipinski definition) is 2. The normalized spacial score (nSPS) is 24.6. The minimum absolute atomic E-state index is 0.0478. The molecule has 0 spiro atoms. The van der Waals surface area contributed by atoms with E-state index < -0.39 is 74.3 Å². The Hall–Kier alpha value is -4.82. The lowest BCUT2D eigenvalue weighted by atomic mass is 10.1. The van der Waals surface area contributed by atoms with Gasteiger partial charge in [-0.1, -0.05) is 31.5 Å². The number of benzene rings is 1. The Kier molecular flexibility index (Phi) is 13.3. The van der Waals surface area contributed by atoms with Gasteiger partial charge >= 0.3 is 6.09 Å². The van der Waals surface area contributed by atoms with E-state index in [9.17, 15) is 27.6 Å². The third kappa shape index (κ3) is 9.64. The summed E-state index contributed by atoms with van der Waals surface area (Å²) in [5.41, 5.74) is -0.192. The summed E-state index contributed by atoms with van der Waals surface area (Å²) in [5, 5.41) is 5.56. The molecule has 2 aromatic heterocycles. The van der Waals surface area contributed by atoms with E-state index in [0.29, 0.717) is 77.9 Å². The molecule has 17 nitrogen and oxygen atoms in total. The summed E-state index contributed by atoms with van der Waals surface area (Å²) in [6, 6.07) is 3.19. The fourth-order valence-corrected chi connectivity index (χ4v) is 11.3. The van der Waals surface area contributed by atoms with Crippen LogP contribution in [0, 0.1) is 5.92 Å². The number of morpholine rings is 1. The number of pyridine rings is 1. The molecule has 20 heteroatoms. The molecular formula is C46H58ClN7O10S2. The summed E-state index contributed by atoms with van der Waals surface area (Å²) in [7, 11) is -3.95. The summed E-state index contributed by atoms with van der Waals surface area (Å²) in [5.74, 6) is -1.80. The van der Waals surface area contributed by atoms with Gasteiger partial charge in [-0.25, -0.2) is 23.2 Å². The van der Waals surface area contributed by atoms with E-state index in [1.807, 2.05) is 5.38 Å². The highest BCUT2D eigenvalue weighted by atomic mass is 35.5. The average Bonchev–Trinajstić information content (AvgIpc) is 4.15. The van der Waals surface area contributed by atoms with Crippen molar-refractivity contribution in [3.8, 4) is 22.2 Å². The van der Waals surface area contributed by atoms with Crippen LogP contribution in [0.1, 0.15) is 85.8 Å². The molecule has 356 valence electrons. The van der Waals surface area contributed by atoms with Crippen LogP contribution in [0.25, 0.3) is 21.6 Å². The summed E-state index contributed by atoms with van der Waals surface area (Å²) in [4.78, 5) is 72.1. The number of ether oxygens (including phenoxy) is 4. The number of allylic oxidation sites excluding steroid dienone is 1. The van der Waals surface area contributed by atoms with Crippen LogP contribution in [-0.2, 0) is 33.9 Å². The Morgan fingerprint density at radius 1 is 1.12 bits per heavy atom. The Balaban J connectivity index is 1.17. The molecule has 0 bridgehead atoms. The van der Waals surface area contributed by atoms with E-state index in [-0.39, 0.29) is 36.0 Å². The number of carbonyl (C=O) groups is 4. The first-order valence-corrected chi connectivity index (χ1v) is 25.2. The van der Waals surface area contributed by atoms with Crippen LogP contribution in [0.3, 0.4) is 0 Å². The molecular weight excluding hydrogens is 910 g/mol. The van der Waals surface area contributed by atoms with Crippen molar-refractivity contribution in [1.82, 2.24) is 34.7 Å². The van der Waals surface area contributed by atoms with Crippen LogP contribution in [0.5, 0.6) is 11.5 Å². The van der Waals surface area contributed by atoms with E-state index in [1.165, 1.54) is 27.2 Å². The predicted octanol–water partition coefficient (Wildman–Crippen LogP) is 5.78. The lowest BCUT2D eigenvalue weighted by molar-refractivity contribution is -0.143. The Morgan fingerprint density at radius 3 is 2.47 bits per heavy atom. The average molecular weight is 969 g/mol. The number of nitrogens with zero attached hydrogens (tertiary/aromatic N) is 5. The molecule has 2 N–H and O–H groups in total. The van der Waals surface area contributed by atoms with Gasteiger partial charge in [-0.15, -0.1) is 17.9 Å². The molecule has 1 aromatic carbocycles. The van der Waals surface area contributed by atoms with Crippen LogP contribution in [0.2, 0.25) is 5.02 Å². The maximum Gasteiger partial charge on any atom is 0.415 e. The maximum atomic E-state index is 14.9. The first-order valence-electron chi connectivity index (χ1n) is 22.4. The van der Waals surface area contributed by atoms with Crippen molar-refractivity contribution in [1.29, 1.82) is 0 Å². The van der Waals surface area contributed by atoms with Gasteiger partial charge in [0.2, 0.25) is 15.9 Å². The third-order valence-electron chi connectivity index (χ3n) is 12.5. The molecule has 5 heterocycles. The van der Waals surface area contributed by atoms with Gasteiger partial charge < -0.3 is 29.2 Å². The number of sulfonamides is 1. The number of amides is 4. The van der Waals surface area contributed by atoms with Gasteiger partial charge in [-0.05, 0) is 77.5 Å². The second-order valence-electron chi connectivity index (χ2n) is 19.1. The number of carbonyl (C=O) groups excluding carboxylic acids is 4. The van der Waals surface area contributed by atoms with Crippen molar-refractivity contribution in [3.05, 3.63) is 58.2 Å². The van der Waals surface area contributed by atoms with E-state index in [2.05, 4.69) is 35.4 Å². The molecule has 3 aliphatic heterocycles. The van der Waals surface area contributed by atoms with Crippen molar-refractivity contribution in [2.45, 2.75) is 115 Å². The maximum absolute atomic E-state index is 14.9. The lowest BCUT2D eigenvalue weighted by Gasteiger charge is -2.42. The molecule has 2 aliphatic carbocycles. The molecule has 5 fully saturated rings. The van der Waals surface area contributed by atoms with Crippen LogP contribution >= 0.6 is 22.9 Å². The largest absolute Gasteiger partial charge is 0.491 e. The molecule has 5 atom stereocenters. The monoisotopic (exact) mass is 967 g/mol. The SMILES string of the molecule is C=C[C@@H]1C[C@]1(NC(=O)[C@@H]1C[C@@H](Oc2cc(-c3nc(C(C)C)cs3)nc3c(Cl)c(OCCN4CCOCC4)ccc23)[C@H]2CN(C(=O)OC(C)(C)C)C(=C(C)C)C(=O)N21)C(=O)NS(=O)(=O)C1CC1. The Bertz CT molecular complexity index is 2580. The third-order valence-corrected chi connectivity index (χ3v) is 15.6. The molecule has 66 heavy (non-hydrogen) atoms. The summed E-state index contributed by atoms with van der Waals surface area (Å²) < 4.78 is 52.5. The number of piperazine rings is 1. The van der Waals surface area contributed by atoms with E-state index in [0.717, 1.165) is 18.8 Å². The van der Waals surface area contributed by atoms with Gasteiger partial charge in [0.1, 0.15) is 62.8 Å². The van der Waals surface area contributed by atoms with Crippen LogP contribution in [0.4, 0.5) is 4.79 Å². The van der Waals surface area contributed by atoms with Gasteiger partial charge in [0.25, 0.3) is 11.8 Å². The Labute approximate surface area is 394 Å². The number of nitrogens with one attached hydrogen (secondary N) is 2. The molecule has 3 aromatic rings. The first-order chi connectivity index (χ1) is 31.2. The molecule has 8 rings (SSSR count). The van der Waals surface area contributed by atoms with Crippen molar-refractivity contribution in [3.63, 3.8) is 0 Å². The van der Waals surface area contributed by atoms with Gasteiger partial charge in [-0.2, -0.15) is 0 Å². The molecule has 2 saturated carbocycles. The van der Waals surface area contributed by atoms with Gasteiger partial charge in [0.05, 0.1) is 42.3 Å². The summed E-state index contributed by atoms with van der Waals surface area (Å²) in [6.07, 6.45) is 0.763. The number of fused-ring (bicyclic) bond motifs is 2. The molecule has 5 aliphatic rings. The van der Waals surface area contributed by atoms with Crippen LogP contribution < -0.4 is 19.5 Å². The van der Waals surface area contributed by atoms with Crippen molar-refractivity contribution in [2.75, 3.05) is 46.0 Å². The highest BCUT2D eigenvalue weighted by Crippen LogP contribution is 2.47. The number of halogens is 1. The van der Waals surface area contributed by atoms with E-state index in [1.54, 1.807) is 52.8 Å². The van der Waals surface area contributed by atoms with Crippen LogP contribution in [-0.4, -0.2) is 137 Å². The molecule has 0 radical (unpaired) electrons. The molecule has 0 unspecified atom stereocenters. The quantitative estimate of drug-likeness (QED) is 0.146. The zero-order valence-electron chi connectivity index (χ0n) is 38.3. The number of aromatic nitrogens is 2. The van der Waals surface area contributed by atoms with Crippen molar-refractivity contribution < 1.29 is 46.5 Å². The fraction of sp³-hybridized carbons (Fsp3) is 0.565. The molecule has 4 amide bonds. The minimum Gasteiger partial charge on any atom is -0.491 e. The second-order valence-corrected chi connectivity index (χ2v) is 22.3. The topological polar surface area (TPSA) is 199 Å². The fourth-order valence-electron chi connectivity index (χ4n) is 8.73. The lowest BCUT2D eigenvalue weighted by Crippen LogP contribution is -2.62. The summed E-state index contributed by atoms with van der Waals surface area (Å²) >= 11 is 8.57. The zero-order chi connectivity index (χ0) is 47.5. The van der Waals surface area contributed by atoms with Gasteiger partial charge in [0, 0.05) is 48.8 Å². The smallest absolute Gasteiger partial charge is 0.415 e. The molecule has 3 saturated heterocycles. The number of thiazole rings is 1. The van der Waals surface area contributed by atoms with E-state index in [4.69, 9.17) is 40.5 Å². The van der Waals surface area contributed by atoms with E-state index >= 15 is 0 Å². The minimum atomic E-state index is -3.95. The van der Waals surface area contributed by atoms with Gasteiger partial charge in [0.15, 0.2) is 0 Å².